The van der Waals surface area contributed by atoms with Gasteiger partial charge in [0, 0.05) is 25.7 Å². The van der Waals surface area contributed by atoms with Crippen LogP contribution in [0.1, 0.15) is 24.8 Å². The van der Waals surface area contributed by atoms with Crippen LogP contribution >= 0.6 is 0 Å². The molecule has 1 aromatic rings. The van der Waals surface area contributed by atoms with Crippen molar-refractivity contribution in [1.82, 2.24) is 10.2 Å². The van der Waals surface area contributed by atoms with Crippen molar-refractivity contribution < 1.29 is 5.11 Å². The highest BCUT2D eigenvalue weighted by atomic mass is 16.3. The Balaban J connectivity index is 1.89. The fourth-order valence-corrected chi connectivity index (χ4v) is 3.16. The molecule has 19 heavy (non-hydrogen) atoms. The lowest BCUT2D eigenvalue weighted by atomic mass is 9.89. The van der Waals surface area contributed by atoms with E-state index >= 15 is 0 Å². The Hall–Kier alpha value is -0.900. The number of aliphatic hydroxyl groups excluding tert-OH is 1. The molecule has 1 aliphatic rings. The number of nitrogens with zero attached hydrogens (tertiary/aromatic N) is 1. The summed E-state index contributed by atoms with van der Waals surface area (Å²) in [5.74, 6) is 0.662. The molecule has 0 aliphatic carbocycles. The highest BCUT2D eigenvalue weighted by Crippen LogP contribution is 2.22. The highest BCUT2D eigenvalue weighted by molar-refractivity contribution is 5.14. The summed E-state index contributed by atoms with van der Waals surface area (Å²) >= 11 is 0. The Labute approximate surface area is 116 Å². The van der Waals surface area contributed by atoms with Crippen molar-refractivity contribution in [1.29, 1.82) is 0 Å². The third kappa shape index (κ3) is 4.30. The number of nitrogens with one attached hydrogen (secondary N) is 1. The number of likely N-dealkylation sites (tertiary alicyclic amines) is 1. The molecule has 1 aliphatic heterocycles. The van der Waals surface area contributed by atoms with Gasteiger partial charge in [-0.25, -0.2) is 0 Å². The molecule has 2 atom stereocenters. The van der Waals surface area contributed by atoms with Gasteiger partial charge < -0.3 is 10.4 Å². The average molecular weight is 262 g/mol. The standard InChI is InChI=1S/C16H26N2O/c1-17-16(9-11-19)15-8-5-10-18(13-15)12-14-6-3-2-4-7-14/h2-4,6-7,15-17,19H,5,8-13H2,1H3/t15-,16-/m1/s1. The molecule has 106 valence electrons. The molecule has 2 N–H and O–H groups in total. The Morgan fingerprint density at radius 2 is 2.16 bits per heavy atom. The molecular weight excluding hydrogens is 236 g/mol. The van der Waals surface area contributed by atoms with Crippen molar-refractivity contribution in [2.24, 2.45) is 5.92 Å². The van der Waals surface area contributed by atoms with Crippen LogP contribution in [0, 0.1) is 5.92 Å². The molecule has 0 amide bonds. The van der Waals surface area contributed by atoms with E-state index in [1.54, 1.807) is 0 Å². The number of hydrogen-bond donors (Lipinski definition) is 2. The van der Waals surface area contributed by atoms with E-state index in [-0.39, 0.29) is 6.61 Å². The summed E-state index contributed by atoms with van der Waals surface area (Å²) in [5.41, 5.74) is 1.39. The van der Waals surface area contributed by atoms with Crippen LogP contribution < -0.4 is 5.32 Å². The van der Waals surface area contributed by atoms with E-state index in [9.17, 15) is 0 Å². The molecule has 3 heteroatoms. The van der Waals surface area contributed by atoms with Crippen molar-refractivity contribution in [3.63, 3.8) is 0 Å². The maximum absolute atomic E-state index is 9.15. The van der Waals surface area contributed by atoms with Gasteiger partial charge in [0.1, 0.15) is 0 Å². The maximum Gasteiger partial charge on any atom is 0.0445 e. The summed E-state index contributed by atoms with van der Waals surface area (Å²) in [6, 6.07) is 11.1. The number of piperidine rings is 1. The zero-order chi connectivity index (χ0) is 13.5. The smallest absolute Gasteiger partial charge is 0.0445 e. The van der Waals surface area contributed by atoms with E-state index in [4.69, 9.17) is 5.11 Å². The Bertz CT molecular complexity index is 355. The first-order valence-corrected chi connectivity index (χ1v) is 7.38. The molecule has 2 rings (SSSR count). The summed E-state index contributed by atoms with van der Waals surface area (Å²) in [4.78, 5) is 2.55. The van der Waals surface area contributed by atoms with Gasteiger partial charge in [-0.1, -0.05) is 30.3 Å². The van der Waals surface area contributed by atoms with Gasteiger partial charge in [-0.05, 0) is 44.3 Å². The fraction of sp³-hybridized carbons (Fsp3) is 0.625. The van der Waals surface area contributed by atoms with E-state index < -0.39 is 0 Å². The van der Waals surface area contributed by atoms with Gasteiger partial charge in [-0.2, -0.15) is 0 Å². The van der Waals surface area contributed by atoms with Crippen molar-refractivity contribution in [2.75, 3.05) is 26.7 Å². The monoisotopic (exact) mass is 262 g/mol. The number of rotatable bonds is 6. The van der Waals surface area contributed by atoms with E-state index in [2.05, 4.69) is 40.5 Å². The minimum absolute atomic E-state index is 0.278. The number of aliphatic hydroxyl groups is 1. The highest BCUT2D eigenvalue weighted by Gasteiger charge is 2.25. The van der Waals surface area contributed by atoms with E-state index in [0.717, 1.165) is 19.5 Å². The topological polar surface area (TPSA) is 35.5 Å². The van der Waals surface area contributed by atoms with Crippen LogP contribution in [0.5, 0.6) is 0 Å². The SMILES string of the molecule is CN[C@H](CCO)[C@@H]1CCCN(Cc2ccccc2)C1. The molecule has 0 spiro atoms. The fourth-order valence-electron chi connectivity index (χ4n) is 3.16. The molecule has 1 aromatic carbocycles. The van der Waals surface area contributed by atoms with Gasteiger partial charge in [0.05, 0.1) is 0 Å². The van der Waals surface area contributed by atoms with Crippen LogP contribution in [0.25, 0.3) is 0 Å². The maximum atomic E-state index is 9.15. The van der Waals surface area contributed by atoms with Crippen LogP contribution in [0.3, 0.4) is 0 Å². The molecule has 0 aromatic heterocycles. The van der Waals surface area contributed by atoms with Crippen molar-refractivity contribution in [3.05, 3.63) is 35.9 Å². The summed E-state index contributed by atoms with van der Waals surface area (Å²) < 4.78 is 0. The van der Waals surface area contributed by atoms with E-state index in [0.29, 0.717) is 12.0 Å². The largest absolute Gasteiger partial charge is 0.396 e. The lowest BCUT2D eigenvalue weighted by Crippen LogP contribution is -2.44. The van der Waals surface area contributed by atoms with Crippen molar-refractivity contribution >= 4 is 0 Å². The Kier molecular flexibility index (Phi) is 5.83. The van der Waals surface area contributed by atoms with Crippen LogP contribution in [-0.2, 0) is 6.54 Å². The van der Waals surface area contributed by atoms with Crippen LogP contribution in [0.15, 0.2) is 30.3 Å². The lowest BCUT2D eigenvalue weighted by Gasteiger charge is -2.37. The Morgan fingerprint density at radius 1 is 1.37 bits per heavy atom. The molecular formula is C16H26N2O. The second kappa shape index (κ2) is 7.63. The molecule has 1 saturated heterocycles. The van der Waals surface area contributed by atoms with E-state index in [1.165, 1.54) is 24.9 Å². The predicted octanol–water partition coefficient (Wildman–Crippen LogP) is 1.87. The van der Waals surface area contributed by atoms with Gasteiger partial charge in [0.25, 0.3) is 0 Å². The first kappa shape index (κ1) is 14.5. The number of hydrogen-bond acceptors (Lipinski definition) is 3. The predicted molar refractivity (Wildman–Crippen MR) is 79.0 cm³/mol. The summed E-state index contributed by atoms with van der Waals surface area (Å²) in [6.45, 7) is 3.66. The molecule has 1 fully saturated rings. The molecule has 0 bridgehead atoms. The number of benzene rings is 1. The van der Waals surface area contributed by atoms with Crippen LogP contribution in [0.2, 0.25) is 0 Å². The minimum atomic E-state index is 0.278. The summed E-state index contributed by atoms with van der Waals surface area (Å²) in [7, 11) is 2.01. The molecule has 3 nitrogen and oxygen atoms in total. The third-order valence-corrected chi connectivity index (χ3v) is 4.17. The zero-order valence-corrected chi connectivity index (χ0v) is 11.9. The van der Waals surface area contributed by atoms with Gasteiger partial charge in [0.2, 0.25) is 0 Å². The quantitative estimate of drug-likeness (QED) is 0.821. The van der Waals surface area contributed by atoms with Crippen LogP contribution in [-0.4, -0.2) is 42.8 Å². The van der Waals surface area contributed by atoms with Gasteiger partial charge in [-0.3, -0.25) is 4.90 Å². The first-order chi connectivity index (χ1) is 9.33. The van der Waals surface area contributed by atoms with Crippen molar-refractivity contribution in [2.45, 2.75) is 31.8 Å². The third-order valence-electron chi connectivity index (χ3n) is 4.17. The summed E-state index contributed by atoms with van der Waals surface area (Å²) in [5, 5.41) is 12.5. The molecule has 0 saturated carbocycles. The average Bonchev–Trinajstić information content (AvgIpc) is 2.46. The normalized spacial score (nSPS) is 22.3. The first-order valence-electron chi connectivity index (χ1n) is 7.38. The van der Waals surface area contributed by atoms with Gasteiger partial charge >= 0.3 is 0 Å². The van der Waals surface area contributed by atoms with E-state index in [1.807, 2.05) is 7.05 Å². The molecule has 0 radical (unpaired) electrons. The molecule has 0 unspecified atom stereocenters. The van der Waals surface area contributed by atoms with Crippen molar-refractivity contribution in [3.8, 4) is 0 Å². The Morgan fingerprint density at radius 3 is 2.84 bits per heavy atom. The second-order valence-electron chi connectivity index (χ2n) is 5.53. The molecule has 1 heterocycles. The van der Waals surface area contributed by atoms with Gasteiger partial charge in [0.15, 0.2) is 0 Å². The summed E-state index contributed by atoms with van der Waals surface area (Å²) in [6.07, 6.45) is 3.40. The minimum Gasteiger partial charge on any atom is -0.396 e. The lowest BCUT2D eigenvalue weighted by molar-refractivity contribution is 0.130. The van der Waals surface area contributed by atoms with Gasteiger partial charge in [-0.15, -0.1) is 0 Å². The second-order valence-corrected chi connectivity index (χ2v) is 5.53. The zero-order valence-electron chi connectivity index (χ0n) is 11.9. The van der Waals surface area contributed by atoms with Crippen LogP contribution in [0.4, 0.5) is 0 Å².